The van der Waals surface area contributed by atoms with Gasteiger partial charge in [0.25, 0.3) is 16.8 Å². The molecule has 9 heteroatoms. The van der Waals surface area contributed by atoms with Gasteiger partial charge in [-0.05, 0) is 54.7 Å². The van der Waals surface area contributed by atoms with Crippen LogP contribution in [0.3, 0.4) is 0 Å². The van der Waals surface area contributed by atoms with E-state index in [4.69, 9.17) is 16.0 Å². The molecule has 8 nitrogen and oxygen atoms in total. The molecule has 0 saturated carbocycles. The molecule has 3 N–H and O–H groups in total. The van der Waals surface area contributed by atoms with Crippen molar-refractivity contribution in [3.63, 3.8) is 0 Å². The van der Waals surface area contributed by atoms with Gasteiger partial charge in [0.05, 0.1) is 36.1 Å². The number of carbonyl (C=O) groups is 1. The van der Waals surface area contributed by atoms with Crippen LogP contribution < -0.4 is 26.4 Å². The Bertz CT molecular complexity index is 1690. The summed E-state index contributed by atoms with van der Waals surface area (Å²) in [5, 5.41) is 16.7. The Morgan fingerprint density at radius 1 is 1.05 bits per heavy atom. The number of aryl methyl sites for hydroxylation is 2. The highest BCUT2D eigenvalue weighted by atomic mass is 35.5. The van der Waals surface area contributed by atoms with Crippen LogP contribution in [0.2, 0.25) is 5.02 Å². The Morgan fingerprint density at radius 2 is 1.77 bits per heavy atom. The predicted octanol–water partition coefficient (Wildman–Crippen LogP) is 6.00. The number of hydrogen-bond donors (Lipinski definition) is 3. The molecule has 0 fully saturated rings. The van der Waals surface area contributed by atoms with E-state index in [2.05, 4.69) is 10.6 Å². The van der Waals surface area contributed by atoms with Crippen LogP contribution >= 0.6 is 11.6 Å². The van der Waals surface area contributed by atoms with E-state index >= 15 is 0 Å². The number of aliphatic hydroxyl groups is 1. The number of halogens is 1. The monoisotopic (exact) mass is 561 g/mol. The van der Waals surface area contributed by atoms with Crippen molar-refractivity contribution in [2.75, 3.05) is 15.5 Å². The fraction of sp³-hybridized carbons (Fsp3) is 0.323. The van der Waals surface area contributed by atoms with Gasteiger partial charge in [-0.15, -0.1) is 0 Å². The lowest BCUT2D eigenvalue weighted by Gasteiger charge is -2.31. The minimum absolute atomic E-state index is 0.0855. The van der Waals surface area contributed by atoms with E-state index in [0.29, 0.717) is 38.8 Å². The summed E-state index contributed by atoms with van der Waals surface area (Å²) in [4.78, 5) is 40.9. The van der Waals surface area contributed by atoms with Crippen molar-refractivity contribution < 1.29 is 14.3 Å². The first kappa shape index (κ1) is 27.7. The summed E-state index contributed by atoms with van der Waals surface area (Å²) < 4.78 is 5.85. The summed E-state index contributed by atoms with van der Waals surface area (Å²) in [5.74, 6) is 1.08. The molecule has 1 aliphatic rings. The van der Waals surface area contributed by atoms with Gasteiger partial charge < -0.3 is 25.1 Å². The lowest BCUT2D eigenvalue weighted by Crippen LogP contribution is -2.39. The molecule has 0 unspecified atom stereocenters. The summed E-state index contributed by atoms with van der Waals surface area (Å²) in [7, 11) is 0. The topological polar surface area (TPSA) is 112 Å². The van der Waals surface area contributed by atoms with E-state index in [-0.39, 0.29) is 41.9 Å². The SMILES string of the molecule is CCc1ccc(CO)c(N2Cc3c(Cl)ccc(Nc4c(N[C@@H](c5ccc(C)o5)C(C)(C)C)c(=O)c4=O)c3C2=O)c1. The molecule has 0 aliphatic carbocycles. The van der Waals surface area contributed by atoms with Crippen molar-refractivity contribution in [1.82, 2.24) is 0 Å². The number of carbonyl (C=O) groups excluding carboxylic acids is 1. The molecule has 0 saturated heterocycles. The molecule has 0 spiro atoms. The maximum atomic E-state index is 13.8. The first-order valence-corrected chi connectivity index (χ1v) is 13.6. The quantitative estimate of drug-likeness (QED) is 0.226. The largest absolute Gasteiger partial charge is 0.464 e. The van der Waals surface area contributed by atoms with Gasteiger partial charge in [0, 0.05) is 16.1 Å². The van der Waals surface area contributed by atoms with Crippen molar-refractivity contribution in [1.29, 1.82) is 0 Å². The number of benzene rings is 2. The lowest BCUT2D eigenvalue weighted by molar-refractivity contribution is 0.0997. The molecule has 1 aliphatic heterocycles. The minimum Gasteiger partial charge on any atom is -0.464 e. The van der Waals surface area contributed by atoms with E-state index < -0.39 is 10.9 Å². The van der Waals surface area contributed by atoms with Crippen molar-refractivity contribution >= 4 is 40.3 Å². The van der Waals surface area contributed by atoms with Crippen LogP contribution in [0.1, 0.15) is 72.3 Å². The molecule has 2 heterocycles. The Balaban J connectivity index is 1.51. The summed E-state index contributed by atoms with van der Waals surface area (Å²) >= 11 is 6.53. The highest BCUT2D eigenvalue weighted by molar-refractivity contribution is 6.33. The zero-order valence-electron chi connectivity index (χ0n) is 23.1. The Labute approximate surface area is 237 Å². The molecule has 208 valence electrons. The first-order chi connectivity index (χ1) is 18.9. The number of nitrogens with zero attached hydrogens (tertiary/aromatic N) is 1. The van der Waals surface area contributed by atoms with Crippen molar-refractivity contribution in [2.45, 2.75) is 60.2 Å². The Hall–Kier alpha value is -3.88. The molecule has 1 aromatic heterocycles. The maximum Gasteiger partial charge on any atom is 0.261 e. The molecule has 40 heavy (non-hydrogen) atoms. The minimum atomic E-state index is -0.671. The van der Waals surface area contributed by atoms with Crippen molar-refractivity contribution in [3.05, 3.63) is 102 Å². The van der Waals surface area contributed by atoms with Crippen LogP contribution in [-0.2, 0) is 19.6 Å². The predicted molar refractivity (Wildman–Crippen MR) is 158 cm³/mol. The second-order valence-corrected chi connectivity index (χ2v) is 11.6. The average molecular weight is 562 g/mol. The van der Waals surface area contributed by atoms with Crippen molar-refractivity contribution in [3.8, 4) is 0 Å². The third-order valence-corrected chi connectivity index (χ3v) is 7.77. The number of anilines is 4. The number of nitrogens with one attached hydrogen (secondary N) is 2. The summed E-state index contributed by atoms with van der Waals surface area (Å²) in [6, 6.07) is 12.3. The van der Waals surface area contributed by atoms with Gasteiger partial charge >= 0.3 is 0 Å². The van der Waals surface area contributed by atoms with E-state index in [1.807, 2.05) is 65.0 Å². The molecule has 0 radical (unpaired) electrons. The third-order valence-electron chi connectivity index (χ3n) is 7.42. The smallest absolute Gasteiger partial charge is 0.261 e. The van der Waals surface area contributed by atoms with E-state index in [1.165, 1.54) is 0 Å². The van der Waals surface area contributed by atoms with Crippen LogP contribution in [-0.4, -0.2) is 11.0 Å². The van der Waals surface area contributed by atoms with Gasteiger partial charge in [-0.1, -0.05) is 51.4 Å². The van der Waals surface area contributed by atoms with Crippen LogP contribution in [0.5, 0.6) is 0 Å². The second-order valence-electron chi connectivity index (χ2n) is 11.2. The summed E-state index contributed by atoms with van der Waals surface area (Å²) in [6.45, 7) is 9.88. The number of furan rings is 1. The first-order valence-electron chi connectivity index (χ1n) is 13.2. The number of amides is 1. The Kier molecular flexibility index (Phi) is 7.10. The third kappa shape index (κ3) is 4.71. The van der Waals surface area contributed by atoms with Crippen LogP contribution in [0, 0.1) is 12.3 Å². The molecule has 0 bridgehead atoms. The molecule has 1 amide bonds. The molecular weight excluding hydrogens is 530 g/mol. The number of rotatable bonds is 8. The highest BCUT2D eigenvalue weighted by Gasteiger charge is 2.36. The number of aliphatic hydroxyl groups excluding tert-OH is 1. The zero-order valence-corrected chi connectivity index (χ0v) is 23.9. The van der Waals surface area contributed by atoms with Crippen LogP contribution in [0.15, 0.2) is 56.5 Å². The molecule has 3 aromatic carbocycles. The van der Waals surface area contributed by atoms with Crippen LogP contribution in [0.4, 0.5) is 22.7 Å². The fourth-order valence-electron chi connectivity index (χ4n) is 5.15. The van der Waals surface area contributed by atoms with Gasteiger partial charge in [0.1, 0.15) is 22.9 Å². The van der Waals surface area contributed by atoms with Gasteiger partial charge in [0.2, 0.25) is 0 Å². The molecule has 5 rings (SSSR count). The summed E-state index contributed by atoms with van der Waals surface area (Å²) in [6.07, 6.45) is 0.772. The van der Waals surface area contributed by atoms with Gasteiger partial charge in [0.15, 0.2) is 0 Å². The maximum absolute atomic E-state index is 13.8. The second kappa shape index (κ2) is 10.3. The van der Waals surface area contributed by atoms with Crippen molar-refractivity contribution in [2.24, 2.45) is 5.41 Å². The molecular formula is C31H32ClN3O5. The molecule has 4 aromatic rings. The fourth-order valence-corrected chi connectivity index (χ4v) is 5.37. The van der Waals surface area contributed by atoms with E-state index in [9.17, 15) is 19.5 Å². The van der Waals surface area contributed by atoms with Gasteiger partial charge in [-0.25, -0.2) is 0 Å². The zero-order chi connectivity index (χ0) is 28.9. The van der Waals surface area contributed by atoms with Gasteiger partial charge in [-0.3, -0.25) is 14.4 Å². The Morgan fingerprint density at radius 3 is 2.40 bits per heavy atom. The van der Waals surface area contributed by atoms with Gasteiger partial charge in [-0.2, -0.15) is 0 Å². The van der Waals surface area contributed by atoms with Crippen LogP contribution in [0.25, 0.3) is 0 Å². The van der Waals surface area contributed by atoms with E-state index in [1.54, 1.807) is 17.0 Å². The average Bonchev–Trinajstić information content (AvgIpc) is 3.51. The van der Waals surface area contributed by atoms with E-state index in [0.717, 1.165) is 17.7 Å². The lowest BCUT2D eigenvalue weighted by atomic mass is 9.85. The molecule has 1 atom stereocenters. The number of hydrogen-bond acceptors (Lipinski definition) is 7. The highest BCUT2D eigenvalue weighted by Crippen LogP contribution is 2.41. The number of fused-ring (bicyclic) bond motifs is 1. The normalized spacial score (nSPS) is 14.1. The standard InChI is InChI=1S/C31H32ClN3O5/c1-6-17-8-9-18(15-36)22(13-17)35-14-19-20(32)10-11-21(24(19)30(35)39)33-25-26(28(38)27(25)37)34-29(31(3,4)5)23-12-7-16(2)40-23/h7-13,29,33-34,36H,6,14-15H2,1-5H3/t29-/m0/s1. The summed E-state index contributed by atoms with van der Waals surface area (Å²) in [5.41, 5.74) is 2.14.